The molecule has 0 fully saturated rings. The van der Waals surface area contributed by atoms with Crippen molar-refractivity contribution >= 4 is 197 Å². The monoisotopic (exact) mass is 1970 g/mol. The molecule has 0 atom stereocenters. The number of nitrogens with two attached hydrogens (primary N) is 16. The van der Waals surface area contributed by atoms with E-state index in [1.807, 2.05) is 0 Å². The van der Waals surface area contributed by atoms with Gasteiger partial charge in [-0.25, -0.2) is 14.4 Å². The molecular weight excluding hydrogens is 1890 g/mol. The van der Waals surface area contributed by atoms with Crippen LogP contribution in [0.25, 0.3) is 33.4 Å². The van der Waals surface area contributed by atoms with Gasteiger partial charge in [0, 0.05) is 73.7 Å². The van der Waals surface area contributed by atoms with Crippen molar-refractivity contribution in [1.82, 2.24) is 0 Å². The quantitative estimate of drug-likeness (QED) is 0.0334. The van der Waals surface area contributed by atoms with E-state index in [9.17, 15) is 106 Å². The van der Waals surface area contributed by atoms with E-state index in [0.717, 1.165) is 30.3 Å². The Balaban J connectivity index is 0.000000313. The molecule has 696 valence electrons. The number of anilines is 16. The van der Waals surface area contributed by atoms with Gasteiger partial charge in [0.2, 0.25) is 0 Å². The molecule has 45 N–H and O–H groups in total. The van der Waals surface area contributed by atoms with Crippen molar-refractivity contribution in [3.63, 3.8) is 0 Å². The zero-order valence-corrected chi connectivity index (χ0v) is 72.7. The number of rotatable bonds is 17. The summed E-state index contributed by atoms with van der Waals surface area (Å²) in [5, 5.41) is 27.0. The summed E-state index contributed by atoms with van der Waals surface area (Å²) in [6.45, 7) is 0. The summed E-state index contributed by atoms with van der Waals surface area (Å²) < 4.78 is 258. The molecular formula is C71H81N16O33PS8. The second-order valence-corrected chi connectivity index (χ2v) is 38.7. The van der Waals surface area contributed by atoms with Crippen molar-refractivity contribution in [3.8, 4) is 33.4 Å². The van der Waals surface area contributed by atoms with Crippen LogP contribution in [0.15, 0.2) is 228 Å². The summed E-state index contributed by atoms with van der Waals surface area (Å²) in [6, 6.07) is 41.8. The number of hydrogen-bond donors (Lipinski definition) is 29. The van der Waals surface area contributed by atoms with Crippen LogP contribution in [0.5, 0.6) is 0 Å². The zero-order chi connectivity index (χ0) is 98.9. The van der Waals surface area contributed by atoms with E-state index in [0.29, 0.717) is 63.1 Å². The lowest BCUT2D eigenvalue weighted by Gasteiger charge is -2.12. The summed E-state index contributed by atoms with van der Waals surface area (Å²) in [5.74, 6) is -3.93. The summed E-state index contributed by atoms with van der Waals surface area (Å²) in [4.78, 5) is 46.4. The van der Waals surface area contributed by atoms with E-state index >= 15 is 0 Å². The fraction of sp³-hybridized carbons (Fsp3) is 0.0282. The van der Waals surface area contributed by atoms with Gasteiger partial charge < -0.3 is 117 Å². The second kappa shape index (κ2) is 42.6. The molecule has 0 amide bonds. The van der Waals surface area contributed by atoms with Gasteiger partial charge in [-0.2, -0.15) is 67.3 Å². The highest BCUT2D eigenvalue weighted by molar-refractivity contribution is 7.88. The Kier molecular flexibility index (Phi) is 35.4. The number of aromatic carboxylic acids is 3. The maximum atomic E-state index is 11.5. The lowest BCUT2D eigenvalue weighted by molar-refractivity contribution is 0.0684. The molecule has 0 unspecified atom stereocenters. The van der Waals surface area contributed by atoms with Crippen LogP contribution in [-0.4, -0.2) is 147 Å². The lowest BCUT2D eigenvalue weighted by Crippen LogP contribution is -2.09. The topological polar surface area (TPSA) is 1020 Å². The number of hydrogen-bond acceptors (Lipinski definition) is 36. The third kappa shape index (κ3) is 33.1. The Morgan fingerprint density at radius 2 is 0.465 bits per heavy atom. The second-order valence-electron chi connectivity index (χ2n) is 25.9. The van der Waals surface area contributed by atoms with Gasteiger partial charge in [-0.05, 0) is 191 Å². The van der Waals surface area contributed by atoms with Gasteiger partial charge in [-0.3, -0.25) is 41.0 Å². The van der Waals surface area contributed by atoms with E-state index in [-0.39, 0.29) is 101 Å². The highest BCUT2D eigenvalue weighted by Gasteiger charge is 2.27. The number of carboxylic acid groups (broad SMARTS) is 3. The van der Waals surface area contributed by atoms with Crippen LogP contribution >= 0.6 is 7.60 Å². The van der Waals surface area contributed by atoms with Crippen LogP contribution in [0.4, 0.5) is 91.0 Å². The fourth-order valence-corrected chi connectivity index (χ4v) is 16.3. The van der Waals surface area contributed by atoms with Gasteiger partial charge in [0.05, 0.1) is 51.3 Å². The third-order valence-electron chi connectivity index (χ3n) is 16.0. The molecule has 0 aliphatic heterocycles. The van der Waals surface area contributed by atoms with E-state index in [2.05, 4.69) is 0 Å². The molecule has 11 rings (SSSR count). The summed E-state index contributed by atoms with van der Waals surface area (Å²) in [7, 11) is -40.0. The van der Waals surface area contributed by atoms with E-state index in [1.165, 1.54) is 133 Å². The van der Waals surface area contributed by atoms with Crippen LogP contribution in [0.1, 0.15) is 42.2 Å². The van der Waals surface area contributed by atoms with E-state index in [1.54, 1.807) is 18.2 Å². The standard InChI is InChI=1S/C14H12N2O4.2C12H12N2O6S2.C7H11N2O3P.C7H10N2O3S.C7H8N2O2.C6H8N2O6S2.C6H8N2O3S/c15-7-1-3-9(11(5-7)13(17)18)10-4-2-8(16)6-12(10)14(19)20;13-7-1-3-9(11(5-7)21(15,16)17)10-4-2-8(14)6-12(10)22(18,19)20;13-9-3-1-7(5-11(9)21(15,16)17)8-2-4-10(14)12(6-8)22(18,19)20;2*8-6-1-2-7(9)5(3-6)4-13(10,11)12;8-4-1-2-6(9)5(3-4)7(10)11;7-3-1-5(15(9,10)11)4(8)2-6(3)16(12,13)14;7-4-1-2-5(8)6(3-4)12(9,10)11/h1-6H,15-16H2,(H,17,18)(H,19,20);2*1-6H,13-14H2,(H,15,16,17)(H,18,19,20);1-3H,4,8-9H2,(H2,10,11,12);1-3H,4,8-9H2,(H,10,11,12);1-3H,8-9H2,(H,10,11);1-2H,7-8H2,(H,9,10,11)(H,12,13,14);1-3H,7-8H2,(H,9,10,11). The predicted octanol–water partition coefficient (Wildman–Crippen LogP) is 4.70. The van der Waals surface area contributed by atoms with Gasteiger partial charge in [0.25, 0.3) is 80.9 Å². The first-order valence-electron chi connectivity index (χ1n) is 33.9. The van der Waals surface area contributed by atoms with Crippen molar-refractivity contribution in [1.29, 1.82) is 0 Å². The smallest absolute Gasteiger partial charge is 0.337 e. The highest BCUT2D eigenvalue weighted by atomic mass is 32.2. The molecule has 0 heterocycles. The highest BCUT2D eigenvalue weighted by Crippen LogP contribution is 2.42. The van der Waals surface area contributed by atoms with Crippen molar-refractivity contribution in [3.05, 3.63) is 222 Å². The summed E-state index contributed by atoms with van der Waals surface area (Å²) in [5.41, 5.74) is 89.7. The van der Waals surface area contributed by atoms with Crippen molar-refractivity contribution < 1.29 is 148 Å². The van der Waals surface area contributed by atoms with Crippen LogP contribution < -0.4 is 91.7 Å². The summed E-state index contributed by atoms with van der Waals surface area (Å²) >= 11 is 0. The maximum absolute atomic E-state index is 11.5. The predicted molar refractivity (Wildman–Crippen MR) is 479 cm³/mol. The third-order valence-corrected chi connectivity index (χ3v) is 23.7. The average Bonchev–Trinajstić information content (AvgIpc) is 0.783. The Bertz CT molecular complexity index is 6930. The van der Waals surface area contributed by atoms with Gasteiger partial charge in [0.15, 0.2) is 0 Å². The first-order valence-corrected chi connectivity index (χ1v) is 47.4. The number of benzene rings is 11. The molecule has 0 bridgehead atoms. The van der Waals surface area contributed by atoms with E-state index < -0.39 is 153 Å². The minimum absolute atomic E-state index is 0.0216. The van der Waals surface area contributed by atoms with Crippen molar-refractivity contribution in [2.45, 2.75) is 46.2 Å². The van der Waals surface area contributed by atoms with E-state index in [4.69, 9.17) is 134 Å². The number of carboxylic acids is 3. The molecule has 11 aromatic carbocycles. The molecule has 129 heavy (non-hydrogen) atoms. The Morgan fingerprint density at radius 1 is 0.240 bits per heavy atom. The zero-order valence-electron chi connectivity index (χ0n) is 65.3. The van der Waals surface area contributed by atoms with Crippen LogP contribution in [-0.2, 0) is 97.4 Å². The van der Waals surface area contributed by atoms with Gasteiger partial charge in [0.1, 0.15) is 40.0 Å². The molecule has 0 spiro atoms. The van der Waals surface area contributed by atoms with Gasteiger partial charge in [-0.15, -0.1) is 0 Å². The van der Waals surface area contributed by atoms with Crippen LogP contribution in [0.2, 0.25) is 0 Å². The van der Waals surface area contributed by atoms with Gasteiger partial charge in [-0.1, -0.05) is 36.4 Å². The molecule has 11 aromatic rings. The minimum Gasteiger partial charge on any atom is -0.478 e. The van der Waals surface area contributed by atoms with Crippen molar-refractivity contribution in [2.24, 2.45) is 0 Å². The molecule has 0 saturated carbocycles. The maximum Gasteiger partial charge on any atom is 0.337 e. The summed E-state index contributed by atoms with van der Waals surface area (Å²) in [6.07, 6.45) is -0.371. The van der Waals surface area contributed by atoms with Crippen molar-refractivity contribution in [2.75, 3.05) is 91.7 Å². The molecule has 0 aliphatic rings. The molecule has 0 radical (unpaired) electrons. The average molecular weight is 1970 g/mol. The molecule has 49 nitrogen and oxygen atoms in total. The Hall–Kier alpha value is -13.9. The van der Waals surface area contributed by atoms with Crippen LogP contribution in [0.3, 0.4) is 0 Å². The Morgan fingerprint density at radius 3 is 0.744 bits per heavy atom. The first-order chi connectivity index (χ1) is 58.7. The lowest BCUT2D eigenvalue weighted by atomic mass is 9.94. The molecule has 0 aromatic heterocycles. The largest absolute Gasteiger partial charge is 0.478 e. The number of carbonyl (C=O) groups is 3. The molecule has 0 aliphatic carbocycles. The first kappa shape index (κ1) is 107. The normalized spacial score (nSPS) is 11.5. The minimum atomic E-state index is -4.66. The van der Waals surface area contributed by atoms with Crippen LogP contribution in [0, 0.1) is 0 Å². The molecule has 58 heteroatoms. The fourth-order valence-electron chi connectivity index (χ4n) is 10.3. The Labute approximate surface area is 733 Å². The van der Waals surface area contributed by atoms with Gasteiger partial charge >= 0.3 is 25.5 Å². The molecule has 0 saturated heterocycles. The number of nitrogen functional groups attached to an aromatic ring is 16. The SMILES string of the molecule is Nc1cc(S(=O)(=O)O)c(N)cc1S(=O)(=O)O.Nc1ccc(-c2ccc(N)c(S(=O)(=O)O)c2)cc1S(=O)(=O)O.Nc1ccc(-c2ccc(N)cc2C(=O)O)c(C(=O)O)c1.Nc1ccc(-c2ccc(N)cc2S(=O)(=O)O)c(S(=O)(=O)O)c1.Nc1ccc(N)c(C(=O)O)c1.Nc1ccc(N)c(CP(=O)(O)O)c1.Nc1ccc(N)c(CS(=O)(=O)O)c1.Nc1ccc(N)c(S(=O)(=O)O)c1.